The van der Waals surface area contributed by atoms with Crippen LogP contribution in [0.5, 0.6) is 0 Å². The zero-order valence-electron chi connectivity index (χ0n) is 14.3. The molecule has 0 aromatic rings. The van der Waals surface area contributed by atoms with Crippen LogP contribution in [0.15, 0.2) is 0 Å². The van der Waals surface area contributed by atoms with Gasteiger partial charge < -0.3 is 14.4 Å². The SMILES string of the molecule is CCS(=O)(=O)CCCOC1(C)CCN(C(=O)OC(C)(C)C)C1. The van der Waals surface area contributed by atoms with Gasteiger partial charge in [-0.15, -0.1) is 0 Å². The lowest BCUT2D eigenvalue weighted by molar-refractivity contribution is -0.0266. The van der Waals surface area contributed by atoms with Crippen LogP contribution < -0.4 is 0 Å². The van der Waals surface area contributed by atoms with Gasteiger partial charge in [0.1, 0.15) is 15.4 Å². The van der Waals surface area contributed by atoms with E-state index in [1.54, 1.807) is 11.8 Å². The molecule has 0 N–H and O–H groups in total. The van der Waals surface area contributed by atoms with Crippen LogP contribution in [0.3, 0.4) is 0 Å². The molecule has 1 amide bonds. The minimum Gasteiger partial charge on any atom is -0.444 e. The average Bonchev–Trinajstić information content (AvgIpc) is 2.76. The maximum absolute atomic E-state index is 12.0. The first-order valence-electron chi connectivity index (χ1n) is 7.79. The van der Waals surface area contributed by atoms with Gasteiger partial charge in [-0.1, -0.05) is 6.92 Å². The normalized spacial score (nSPS) is 22.9. The highest BCUT2D eigenvalue weighted by atomic mass is 32.2. The fraction of sp³-hybridized carbons (Fsp3) is 0.933. The van der Waals surface area contributed by atoms with Crippen molar-refractivity contribution in [2.45, 2.75) is 58.7 Å². The van der Waals surface area contributed by atoms with Crippen molar-refractivity contribution in [3.63, 3.8) is 0 Å². The third-order valence-corrected chi connectivity index (χ3v) is 5.37. The van der Waals surface area contributed by atoms with Crippen LogP contribution in [-0.2, 0) is 19.3 Å². The van der Waals surface area contributed by atoms with Gasteiger partial charge in [0, 0.05) is 18.9 Å². The third-order valence-electron chi connectivity index (χ3n) is 3.58. The standard InChI is InChI=1S/C15H29NO5S/c1-6-22(18,19)11-7-10-20-15(5)8-9-16(12-15)13(17)21-14(2,3)4/h6-12H2,1-5H3. The van der Waals surface area contributed by atoms with Crippen molar-refractivity contribution < 1.29 is 22.7 Å². The molecule has 0 saturated carbocycles. The van der Waals surface area contributed by atoms with Gasteiger partial charge in [0.2, 0.25) is 0 Å². The summed E-state index contributed by atoms with van der Waals surface area (Å²) in [6, 6.07) is 0. The molecule has 7 heteroatoms. The molecule has 1 rings (SSSR count). The molecule has 1 saturated heterocycles. The Kier molecular flexibility index (Phi) is 6.27. The van der Waals surface area contributed by atoms with E-state index in [1.165, 1.54) is 0 Å². The molecular formula is C15H29NO5S. The van der Waals surface area contributed by atoms with Crippen LogP contribution in [0.1, 0.15) is 47.5 Å². The molecule has 0 bridgehead atoms. The lowest BCUT2D eigenvalue weighted by atomic mass is 10.1. The largest absolute Gasteiger partial charge is 0.444 e. The van der Waals surface area contributed by atoms with Crippen LogP contribution in [0, 0.1) is 0 Å². The number of hydrogen-bond donors (Lipinski definition) is 0. The van der Waals surface area contributed by atoms with Crippen LogP contribution >= 0.6 is 0 Å². The van der Waals surface area contributed by atoms with Crippen LogP contribution in [-0.4, -0.2) is 61.8 Å². The second-order valence-corrected chi connectivity index (χ2v) is 9.51. The second kappa shape index (κ2) is 7.17. The molecule has 1 heterocycles. The Morgan fingerprint density at radius 2 is 1.95 bits per heavy atom. The van der Waals surface area contributed by atoms with Crippen molar-refractivity contribution >= 4 is 15.9 Å². The van der Waals surface area contributed by atoms with E-state index >= 15 is 0 Å². The van der Waals surface area contributed by atoms with Crippen LogP contribution in [0.2, 0.25) is 0 Å². The molecule has 22 heavy (non-hydrogen) atoms. The molecule has 0 aromatic heterocycles. The molecule has 1 aliphatic heterocycles. The summed E-state index contributed by atoms with van der Waals surface area (Å²) in [5, 5.41) is 0. The zero-order chi connectivity index (χ0) is 17.0. The maximum atomic E-state index is 12.0. The summed E-state index contributed by atoms with van der Waals surface area (Å²) in [5.74, 6) is 0.312. The molecule has 1 atom stereocenters. The molecule has 0 radical (unpaired) electrons. The number of sulfone groups is 1. The number of rotatable bonds is 6. The Morgan fingerprint density at radius 3 is 2.50 bits per heavy atom. The maximum Gasteiger partial charge on any atom is 0.410 e. The predicted molar refractivity (Wildman–Crippen MR) is 85.7 cm³/mol. The van der Waals surface area contributed by atoms with Gasteiger partial charge >= 0.3 is 6.09 Å². The average molecular weight is 335 g/mol. The van der Waals surface area contributed by atoms with Crippen molar-refractivity contribution in [3.8, 4) is 0 Å². The summed E-state index contributed by atoms with van der Waals surface area (Å²) >= 11 is 0. The summed E-state index contributed by atoms with van der Waals surface area (Å²) in [7, 11) is -2.94. The third kappa shape index (κ3) is 6.52. The number of amides is 1. The highest BCUT2D eigenvalue weighted by Crippen LogP contribution is 2.26. The topological polar surface area (TPSA) is 72.9 Å². The van der Waals surface area contributed by atoms with Crippen LogP contribution in [0.4, 0.5) is 4.79 Å². The molecule has 6 nitrogen and oxygen atoms in total. The summed E-state index contributed by atoms with van der Waals surface area (Å²) in [5.41, 5.74) is -0.932. The Bertz CT molecular complexity index is 483. The van der Waals surface area contributed by atoms with Crippen molar-refractivity contribution in [1.82, 2.24) is 4.90 Å². The second-order valence-electron chi connectivity index (χ2n) is 7.04. The van der Waals surface area contributed by atoms with Crippen molar-refractivity contribution in [1.29, 1.82) is 0 Å². The van der Waals surface area contributed by atoms with Gasteiger partial charge in [0.25, 0.3) is 0 Å². The summed E-state index contributed by atoms with van der Waals surface area (Å²) < 4.78 is 34.0. The fourth-order valence-corrected chi connectivity index (χ4v) is 3.12. The number of ether oxygens (including phenoxy) is 2. The molecule has 1 aliphatic rings. The number of carbonyl (C=O) groups is 1. The van der Waals surface area contributed by atoms with Gasteiger partial charge in [-0.25, -0.2) is 13.2 Å². The van der Waals surface area contributed by atoms with E-state index in [0.29, 0.717) is 26.1 Å². The molecular weight excluding hydrogens is 306 g/mol. The first-order valence-corrected chi connectivity index (χ1v) is 9.61. The minimum atomic E-state index is -2.94. The van der Waals surface area contributed by atoms with Crippen molar-refractivity contribution in [2.24, 2.45) is 0 Å². The van der Waals surface area contributed by atoms with Gasteiger partial charge in [-0.2, -0.15) is 0 Å². The van der Waals surface area contributed by atoms with Crippen LogP contribution in [0.25, 0.3) is 0 Å². The van der Waals surface area contributed by atoms with E-state index in [9.17, 15) is 13.2 Å². The quantitative estimate of drug-likeness (QED) is 0.696. The summed E-state index contributed by atoms with van der Waals surface area (Å²) in [6.07, 6.45) is 0.888. The van der Waals surface area contributed by atoms with Gasteiger partial charge in [0.05, 0.1) is 17.9 Å². The molecule has 1 fully saturated rings. The first kappa shape index (κ1) is 19.2. The zero-order valence-corrected chi connectivity index (χ0v) is 15.2. The summed E-state index contributed by atoms with van der Waals surface area (Å²) in [4.78, 5) is 13.7. The molecule has 130 valence electrons. The van der Waals surface area contributed by atoms with E-state index < -0.39 is 21.0 Å². The smallest absolute Gasteiger partial charge is 0.410 e. The highest BCUT2D eigenvalue weighted by molar-refractivity contribution is 7.91. The van der Waals surface area contributed by atoms with Gasteiger partial charge in [0.15, 0.2) is 0 Å². The fourth-order valence-electron chi connectivity index (χ4n) is 2.28. The van der Waals surface area contributed by atoms with E-state index in [-0.39, 0.29) is 17.6 Å². The van der Waals surface area contributed by atoms with E-state index in [2.05, 4.69) is 0 Å². The van der Waals surface area contributed by atoms with E-state index in [1.807, 2.05) is 27.7 Å². The van der Waals surface area contributed by atoms with Gasteiger partial charge in [-0.3, -0.25) is 0 Å². The molecule has 0 aliphatic carbocycles. The number of hydrogen-bond acceptors (Lipinski definition) is 5. The lowest BCUT2D eigenvalue weighted by Gasteiger charge is -2.27. The molecule has 0 spiro atoms. The number of nitrogens with zero attached hydrogens (tertiary/aromatic N) is 1. The van der Waals surface area contributed by atoms with Crippen molar-refractivity contribution in [2.75, 3.05) is 31.2 Å². The van der Waals surface area contributed by atoms with Gasteiger partial charge in [-0.05, 0) is 40.5 Å². The first-order chi connectivity index (χ1) is 9.96. The Morgan fingerprint density at radius 1 is 1.32 bits per heavy atom. The monoisotopic (exact) mass is 335 g/mol. The number of likely N-dealkylation sites (tertiary alicyclic amines) is 1. The molecule has 0 aromatic carbocycles. The van der Waals surface area contributed by atoms with Crippen molar-refractivity contribution in [3.05, 3.63) is 0 Å². The Balaban J connectivity index is 2.39. The minimum absolute atomic E-state index is 0.148. The number of carbonyl (C=O) groups excluding carboxylic acids is 1. The Labute approximate surface area is 134 Å². The predicted octanol–water partition coefficient (Wildman–Crippen LogP) is 2.23. The highest BCUT2D eigenvalue weighted by Gasteiger charge is 2.38. The Hall–Kier alpha value is -0.820. The summed E-state index contributed by atoms with van der Waals surface area (Å²) in [6.45, 7) is 10.6. The van der Waals surface area contributed by atoms with E-state index in [4.69, 9.17) is 9.47 Å². The lowest BCUT2D eigenvalue weighted by Crippen LogP contribution is -2.39. The molecule has 1 unspecified atom stereocenters. The van der Waals surface area contributed by atoms with E-state index in [0.717, 1.165) is 6.42 Å².